The van der Waals surface area contributed by atoms with Crippen molar-refractivity contribution in [2.75, 3.05) is 0 Å². The molecule has 1 aliphatic heterocycles. The van der Waals surface area contributed by atoms with E-state index >= 15 is 0 Å². The number of halogens is 1. The lowest BCUT2D eigenvalue weighted by Gasteiger charge is -2.22. The molecule has 1 atom stereocenters. The maximum absolute atomic E-state index is 13.9. The number of hydrogen-bond donors (Lipinski definition) is 0. The van der Waals surface area contributed by atoms with Gasteiger partial charge < -0.3 is 4.74 Å². The molecule has 1 aromatic carbocycles. The van der Waals surface area contributed by atoms with E-state index in [4.69, 9.17) is 4.74 Å². The van der Waals surface area contributed by atoms with Gasteiger partial charge in [0.25, 0.3) is 5.85 Å². The monoisotopic (exact) mass is 190 g/mol. The SMILES string of the molecule is FC1(Cc2ccccc2)C=CC=CO1. The van der Waals surface area contributed by atoms with E-state index in [1.165, 1.54) is 12.3 Å². The lowest BCUT2D eigenvalue weighted by Crippen LogP contribution is -2.26. The molecule has 0 radical (unpaired) electrons. The van der Waals surface area contributed by atoms with Crippen molar-refractivity contribution in [2.24, 2.45) is 0 Å². The van der Waals surface area contributed by atoms with E-state index < -0.39 is 5.85 Å². The van der Waals surface area contributed by atoms with Crippen molar-refractivity contribution in [1.82, 2.24) is 0 Å². The van der Waals surface area contributed by atoms with Gasteiger partial charge >= 0.3 is 0 Å². The minimum atomic E-state index is -1.68. The van der Waals surface area contributed by atoms with E-state index in [1.54, 1.807) is 12.2 Å². The van der Waals surface area contributed by atoms with E-state index in [0.29, 0.717) is 0 Å². The Balaban J connectivity index is 2.11. The summed E-state index contributed by atoms with van der Waals surface area (Å²) >= 11 is 0. The third-order valence-corrected chi connectivity index (χ3v) is 2.09. The molecule has 1 heterocycles. The van der Waals surface area contributed by atoms with Crippen molar-refractivity contribution < 1.29 is 9.13 Å². The van der Waals surface area contributed by atoms with Gasteiger partial charge in [0.05, 0.1) is 6.26 Å². The van der Waals surface area contributed by atoms with Gasteiger partial charge in [-0.1, -0.05) is 36.4 Å². The summed E-state index contributed by atoms with van der Waals surface area (Å²) in [6.45, 7) is 0. The maximum Gasteiger partial charge on any atom is 0.270 e. The van der Waals surface area contributed by atoms with Crippen LogP contribution in [0.5, 0.6) is 0 Å². The van der Waals surface area contributed by atoms with Crippen molar-refractivity contribution in [3.63, 3.8) is 0 Å². The zero-order valence-electron chi connectivity index (χ0n) is 7.69. The first-order valence-corrected chi connectivity index (χ1v) is 4.54. The van der Waals surface area contributed by atoms with Crippen molar-refractivity contribution in [2.45, 2.75) is 12.3 Å². The van der Waals surface area contributed by atoms with Gasteiger partial charge in [-0.2, -0.15) is 4.39 Å². The summed E-state index contributed by atoms with van der Waals surface area (Å²) in [6.07, 6.45) is 6.38. The molecular weight excluding hydrogens is 179 g/mol. The largest absolute Gasteiger partial charge is 0.462 e. The number of rotatable bonds is 2. The van der Waals surface area contributed by atoms with E-state index in [9.17, 15) is 4.39 Å². The van der Waals surface area contributed by atoms with Crippen LogP contribution in [0.4, 0.5) is 4.39 Å². The number of allylic oxidation sites excluding steroid dienone is 2. The average Bonchev–Trinajstić information content (AvgIpc) is 2.19. The van der Waals surface area contributed by atoms with Crippen molar-refractivity contribution in [3.8, 4) is 0 Å². The van der Waals surface area contributed by atoms with E-state index in [0.717, 1.165) is 5.56 Å². The highest BCUT2D eigenvalue weighted by Gasteiger charge is 2.28. The predicted octanol–water partition coefficient (Wildman–Crippen LogP) is 3.00. The van der Waals surface area contributed by atoms with Crippen LogP contribution in [-0.2, 0) is 11.2 Å². The third kappa shape index (κ3) is 2.02. The molecule has 1 unspecified atom stereocenters. The first-order chi connectivity index (χ1) is 6.79. The van der Waals surface area contributed by atoms with E-state index in [-0.39, 0.29) is 6.42 Å². The van der Waals surface area contributed by atoms with Gasteiger partial charge in [-0.15, -0.1) is 0 Å². The van der Waals surface area contributed by atoms with Crippen LogP contribution >= 0.6 is 0 Å². The van der Waals surface area contributed by atoms with Gasteiger partial charge in [0.2, 0.25) is 0 Å². The summed E-state index contributed by atoms with van der Waals surface area (Å²) in [7, 11) is 0. The minimum Gasteiger partial charge on any atom is -0.462 e. The average molecular weight is 190 g/mol. The molecule has 1 nitrogen and oxygen atoms in total. The highest BCUT2D eigenvalue weighted by atomic mass is 19.2. The van der Waals surface area contributed by atoms with Gasteiger partial charge in [-0.05, 0) is 17.7 Å². The highest BCUT2D eigenvalue weighted by Crippen LogP contribution is 2.24. The fourth-order valence-corrected chi connectivity index (χ4v) is 1.41. The summed E-state index contributed by atoms with van der Waals surface area (Å²) in [5, 5.41) is 0. The predicted molar refractivity (Wildman–Crippen MR) is 53.4 cm³/mol. The maximum atomic E-state index is 13.9. The fourth-order valence-electron chi connectivity index (χ4n) is 1.41. The van der Waals surface area contributed by atoms with Crippen LogP contribution in [0.1, 0.15) is 5.56 Å². The van der Waals surface area contributed by atoms with Crippen LogP contribution < -0.4 is 0 Å². The standard InChI is InChI=1S/C12H11FO/c13-12(8-4-5-9-14-12)10-11-6-2-1-3-7-11/h1-9H,10H2. The summed E-state index contributed by atoms with van der Waals surface area (Å²) in [4.78, 5) is 0. The molecule has 0 saturated carbocycles. The summed E-state index contributed by atoms with van der Waals surface area (Å²) in [6, 6.07) is 9.46. The van der Waals surface area contributed by atoms with Crippen LogP contribution in [0.2, 0.25) is 0 Å². The van der Waals surface area contributed by atoms with Crippen molar-refractivity contribution in [1.29, 1.82) is 0 Å². The molecule has 0 amide bonds. The second-order valence-corrected chi connectivity index (χ2v) is 3.25. The van der Waals surface area contributed by atoms with E-state index in [2.05, 4.69) is 0 Å². The molecule has 1 aromatic rings. The van der Waals surface area contributed by atoms with Crippen LogP contribution in [0.15, 0.2) is 54.8 Å². The quantitative estimate of drug-likeness (QED) is 0.696. The minimum absolute atomic E-state index is 0.245. The molecule has 72 valence electrons. The van der Waals surface area contributed by atoms with Crippen LogP contribution in [-0.4, -0.2) is 5.85 Å². The molecule has 0 spiro atoms. The van der Waals surface area contributed by atoms with E-state index in [1.807, 2.05) is 30.3 Å². The molecule has 0 saturated heterocycles. The van der Waals surface area contributed by atoms with Gasteiger partial charge in [-0.3, -0.25) is 0 Å². The molecule has 2 heteroatoms. The normalized spacial score (nSPS) is 24.6. The van der Waals surface area contributed by atoms with Gasteiger partial charge in [0, 0.05) is 6.42 Å². The second kappa shape index (κ2) is 3.66. The Bertz CT molecular complexity index is 356. The first-order valence-electron chi connectivity index (χ1n) is 4.54. The van der Waals surface area contributed by atoms with Crippen LogP contribution in [0, 0.1) is 0 Å². The topological polar surface area (TPSA) is 9.23 Å². The van der Waals surface area contributed by atoms with Crippen LogP contribution in [0.3, 0.4) is 0 Å². The third-order valence-electron chi connectivity index (χ3n) is 2.09. The molecule has 0 fully saturated rings. The van der Waals surface area contributed by atoms with Gasteiger partial charge in [-0.25, -0.2) is 0 Å². The first kappa shape index (κ1) is 9.00. The number of alkyl halides is 1. The summed E-state index contributed by atoms with van der Waals surface area (Å²) in [5.74, 6) is -1.68. The lowest BCUT2D eigenvalue weighted by molar-refractivity contribution is -0.0550. The molecule has 0 aromatic heterocycles. The van der Waals surface area contributed by atoms with Crippen molar-refractivity contribution in [3.05, 3.63) is 60.4 Å². The van der Waals surface area contributed by atoms with Crippen molar-refractivity contribution >= 4 is 0 Å². The summed E-state index contributed by atoms with van der Waals surface area (Å²) in [5.41, 5.74) is 0.926. The number of benzene rings is 1. The summed E-state index contributed by atoms with van der Waals surface area (Å²) < 4.78 is 18.8. The van der Waals surface area contributed by atoms with Gasteiger partial charge in [0.15, 0.2) is 0 Å². The second-order valence-electron chi connectivity index (χ2n) is 3.25. The number of hydrogen-bond acceptors (Lipinski definition) is 1. The Labute approximate surface area is 82.5 Å². The number of ether oxygens (including phenoxy) is 1. The molecule has 0 bridgehead atoms. The molecule has 2 rings (SSSR count). The Kier molecular flexibility index (Phi) is 2.35. The Morgan fingerprint density at radius 2 is 1.93 bits per heavy atom. The fraction of sp³-hybridized carbons (Fsp3) is 0.167. The molecule has 1 aliphatic rings. The lowest BCUT2D eigenvalue weighted by atomic mass is 10.1. The molecular formula is C12H11FO. The van der Waals surface area contributed by atoms with Crippen LogP contribution in [0.25, 0.3) is 0 Å². The molecule has 0 N–H and O–H groups in total. The molecule has 0 aliphatic carbocycles. The zero-order chi connectivity index (χ0) is 9.86. The smallest absolute Gasteiger partial charge is 0.270 e. The highest BCUT2D eigenvalue weighted by molar-refractivity contribution is 5.20. The van der Waals surface area contributed by atoms with Gasteiger partial charge in [0.1, 0.15) is 0 Å². The zero-order valence-corrected chi connectivity index (χ0v) is 7.69. The Morgan fingerprint density at radius 1 is 1.14 bits per heavy atom. The Morgan fingerprint density at radius 3 is 2.57 bits per heavy atom. The Hall–Kier alpha value is -1.57. The molecule has 14 heavy (non-hydrogen) atoms.